The van der Waals surface area contributed by atoms with Gasteiger partial charge in [0.15, 0.2) is 0 Å². The Hall–Kier alpha value is -0.830. The Morgan fingerprint density at radius 2 is 2.38 bits per heavy atom. The van der Waals surface area contributed by atoms with Crippen LogP contribution in [0.15, 0.2) is 0 Å². The molecule has 0 aromatic carbocycles. The van der Waals surface area contributed by atoms with Gasteiger partial charge in [-0.1, -0.05) is 6.92 Å². The maximum absolute atomic E-state index is 4.61. The van der Waals surface area contributed by atoms with Gasteiger partial charge in [-0.05, 0) is 26.3 Å². The second-order valence-corrected chi connectivity index (χ2v) is 3.74. The van der Waals surface area contributed by atoms with Crippen molar-refractivity contribution in [1.82, 2.24) is 15.3 Å². The van der Waals surface area contributed by atoms with Gasteiger partial charge in [0.05, 0.1) is 5.69 Å². The fourth-order valence-corrected chi connectivity index (χ4v) is 1.95. The third kappa shape index (κ3) is 1.61. The van der Waals surface area contributed by atoms with Crippen molar-refractivity contribution in [3.8, 4) is 0 Å². The first-order valence-corrected chi connectivity index (χ1v) is 5.07. The number of hydrogen-bond donors (Lipinski definition) is 2. The molecule has 2 heterocycles. The Kier molecular flexibility index (Phi) is 2.36. The van der Waals surface area contributed by atoms with Gasteiger partial charge in [-0.15, -0.1) is 0 Å². The highest BCUT2D eigenvalue weighted by Crippen LogP contribution is 2.20. The SMILES string of the molecule is CCc1nc(C2CCNC2)[nH]c1C. The van der Waals surface area contributed by atoms with Crippen LogP contribution in [0, 0.1) is 6.92 Å². The Bertz CT molecular complexity index is 284. The molecule has 1 saturated heterocycles. The minimum Gasteiger partial charge on any atom is -0.346 e. The van der Waals surface area contributed by atoms with E-state index >= 15 is 0 Å². The Balaban J connectivity index is 2.20. The molecule has 3 heteroatoms. The molecular formula is C10H17N3. The highest BCUT2D eigenvalue weighted by Gasteiger charge is 2.20. The lowest BCUT2D eigenvalue weighted by Crippen LogP contribution is -2.08. The van der Waals surface area contributed by atoms with E-state index in [-0.39, 0.29) is 0 Å². The molecule has 1 atom stereocenters. The first-order valence-electron chi connectivity index (χ1n) is 5.07. The summed E-state index contributed by atoms with van der Waals surface area (Å²) >= 11 is 0. The molecule has 0 aliphatic carbocycles. The van der Waals surface area contributed by atoms with E-state index in [2.05, 4.69) is 29.1 Å². The molecule has 1 aromatic heterocycles. The summed E-state index contributed by atoms with van der Waals surface area (Å²) in [5.41, 5.74) is 2.46. The van der Waals surface area contributed by atoms with E-state index in [1.165, 1.54) is 23.6 Å². The molecule has 1 aliphatic heterocycles. The van der Waals surface area contributed by atoms with Crippen molar-refractivity contribution in [2.75, 3.05) is 13.1 Å². The fourth-order valence-electron chi connectivity index (χ4n) is 1.95. The van der Waals surface area contributed by atoms with Gasteiger partial charge in [0, 0.05) is 18.2 Å². The largest absolute Gasteiger partial charge is 0.346 e. The zero-order valence-electron chi connectivity index (χ0n) is 8.35. The van der Waals surface area contributed by atoms with Crippen molar-refractivity contribution >= 4 is 0 Å². The average Bonchev–Trinajstić information content (AvgIpc) is 2.71. The van der Waals surface area contributed by atoms with Crippen molar-refractivity contribution in [3.05, 3.63) is 17.2 Å². The van der Waals surface area contributed by atoms with Crippen LogP contribution in [0.1, 0.15) is 36.5 Å². The van der Waals surface area contributed by atoms with Gasteiger partial charge in [0.25, 0.3) is 0 Å². The quantitative estimate of drug-likeness (QED) is 0.719. The molecule has 3 nitrogen and oxygen atoms in total. The topological polar surface area (TPSA) is 40.7 Å². The molecular weight excluding hydrogens is 162 g/mol. The minimum absolute atomic E-state index is 0.610. The van der Waals surface area contributed by atoms with Gasteiger partial charge in [0.2, 0.25) is 0 Å². The first kappa shape index (κ1) is 8.75. The second-order valence-electron chi connectivity index (χ2n) is 3.74. The molecule has 1 unspecified atom stereocenters. The number of rotatable bonds is 2. The lowest BCUT2D eigenvalue weighted by atomic mass is 10.1. The molecule has 1 fully saturated rings. The number of imidazole rings is 1. The molecule has 0 saturated carbocycles. The summed E-state index contributed by atoms with van der Waals surface area (Å²) < 4.78 is 0. The van der Waals surface area contributed by atoms with Crippen LogP contribution in [0.4, 0.5) is 0 Å². The van der Waals surface area contributed by atoms with E-state index in [0.29, 0.717) is 5.92 Å². The summed E-state index contributed by atoms with van der Waals surface area (Å²) in [6.45, 7) is 6.47. The Labute approximate surface area is 79.0 Å². The molecule has 2 rings (SSSR count). The number of H-pyrrole nitrogens is 1. The summed E-state index contributed by atoms with van der Waals surface area (Å²) in [6, 6.07) is 0. The van der Waals surface area contributed by atoms with Gasteiger partial charge in [-0.2, -0.15) is 0 Å². The van der Waals surface area contributed by atoms with Crippen LogP contribution in [-0.4, -0.2) is 23.1 Å². The lowest BCUT2D eigenvalue weighted by Gasteiger charge is -2.02. The van der Waals surface area contributed by atoms with Crippen molar-refractivity contribution < 1.29 is 0 Å². The van der Waals surface area contributed by atoms with Crippen molar-refractivity contribution in [3.63, 3.8) is 0 Å². The van der Waals surface area contributed by atoms with Crippen molar-refractivity contribution in [2.24, 2.45) is 0 Å². The minimum atomic E-state index is 0.610. The maximum Gasteiger partial charge on any atom is 0.111 e. The number of nitrogens with zero attached hydrogens (tertiary/aromatic N) is 1. The molecule has 1 aromatic rings. The fraction of sp³-hybridized carbons (Fsp3) is 0.700. The molecule has 0 radical (unpaired) electrons. The maximum atomic E-state index is 4.61. The van der Waals surface area contributed by atoms with Crippen LogP contribution in [0.25, 0.3) is 0 Å². The van der Waals surface area contributed by atoms with E-state index in [0.717, 1.165) is 19.5 Å². The summed E-state index contributed by atoms with van der Waals surface area (Å²) in [6.07, 6.45) is 2.25. The highest BCUT2D eigenvalue weighted by molar-refractivity contribution is 5.16. The van der Waals surface area contributed by atoms with E-state index in [4.69, 9.17) is 0 Å². The zero-order chi connectivity index (χ0) is 9.26. The van der Waals surface area contributed by atoms with Crippen LogP contribution in [0.5, 0.6) is 0 Å². The van der Waals surface area contributed by atoms with Gasteiger partial charge in [-0.25, -0.2) is 4.98 Å². The third-order valence-corrected chi connectivity index (χ3v) is 2.79. The molecule has 13 heavy (non-hydrogen) atoms. The van der Waals surface area contributed by atoms with E-state index in [1.807, 2.05) is 0 Å². The average molecular weight is 179 g/mol. The number of hydrogen-bond acceptors (Lipinski definition) is 2. The normalized spacial score (nSPS) is 22.5. The van der Waals surface area contributed by atoms with Gasteiger partial charge >= 0.3 is 0 Å². The van der Waals surface area contributed by atoms with Crippen LogP contribution < -0.4 is 5.32 Å². The first-order chi connectivity index (χ1) is 6.31. The summed E-state index contributed by atoms with van der Waals surface area (Å²) in [4.78, 5) is 8.00. The Morgan fingerprint density at radius 1 is 1.54 bits per heavy atom. The smallest absolute Gasteiger partial charge is 0.111 e. The van der Waals surface area contributed by atoms with Crippen LogP contribution in [0.2, 0.25) is 0 Å². The molecule has 1 aliphatic rings. The summed E-state index contributed by atoms with van der Waals surface area (Å²) in [5, 5.41) is 3.36. The van der Waals surface area contributed by atoms with E-state index in [9.17, 15) is 0 Å². The van der Waals surface area contributed by atoms with E-state index < -0.39 is 0 Å². The standard InChI is InChI=1S/C10H17N3/c1-3-9-7(2)12-10(13-9)8-4-5-11-6-8/h8,11H,3-6H2,1-2H3,(H,12,13). The summed E-state index contributed by atoms with van der Waals surface area (Å²) in [5.74, 6) is 1.79. The predicted octanol–water partition coefficient (Wildman–Crippen LogP) is 1.36. The lowest BCUT2D eigenvalue weighted by molar-refractivity contribution is 0.710. The summed E-state index contributed by atoms with van der Waals surface area (Å²) in [7, 11) is 0. The highest BCUT2D eigenvalue weighted by atomic mass is 15.0. The molecule has 72 valence electrons. The predicted molar refractivity (Wildman–Crippen MR) is 52.9 cm³/mol. The molecule has 0 amide bonds. The zero-order valence-corrected chi connectivity index (χ0v) is 8.35. The molecule has 0 bridgehead atoms. The van der Waals surface area contributed by atoms with Crippen molar-refractivity contribution in [2.45, 2.75) is 32.6 Å². The number of nitrogens with one attached hydrogen (secondary N) is 2. The van der Waals surface area contributed by atoms with Crippen LogP contribution >= 0.6 is 0 Å². The second kappa shape index (κ2) is 3.50. The van der Waals surface area contributed by atoms with Crippen LogP contribution in [-0.2, 0) is 6.42 Å². The molecule has 2 N–H and O–H groups in total. The van der Waals surface area contributed by atoms with Crippen LogP contribution in [0.3, 0.4) is 0 Å². The number of aryl methyl sites for hydroxylation is 2. The Morgan fingerprint density at radius 3 is 2.92 bits per heavy atom. The monoisotopic (exact) mass is 179 g/mol. The van der Waals surface area contributed by atoms with Gasteiger partial charge in [0.1, 0.15) is 5.82 Å². The molecule has 0 spiro atoms. The van der Waals surface area contributed by atoms with E-state index in [1.54, 1.807) is 0 Å². The van der Waals surface area contributed by atoms with Gasteiger partial charge < -0.3 is 10.3 Å². The number of aromatic nitrogens is 2. The number of aromatic amines is 1. The van der Waals surface area contributed by atoms with Gasteiger partial charge in [-0.3, -0.25) is 0 Å². The third-order valence-electron chi connectivity index (χ3n) is 2.79. The van der Waals surface area contributed by atoms with Crippen molar-refractivity contribution in [1.29, 1.82) is 0 Å².